The van der Waals surface area contributed by atoms with E-state index in [1.807, 2.05) is 11.3 Å². The zero-order valence-corrected chi connectivity index (χ0v) is 28.4. The van der Waals surface area contributed by atoms with Gasteiger partial charge in [0.25, 0.3) is 0 Å². The van der Waals surface area contributed by atoms with Crippen molar-refractivity contribution in [2.75, 3.05) is 0 Å². The van der Waals surface area contributed by atoms with Gasteiger partial charge in [-0.05, 0) is 82.9 Å². The Balaban J connectivity index is 0.998. The third kappa shape index (κ3) is 4.35. The van der Waals surface area contributed by atoms with E-state index in [1.54, 1.807) is 0 Å². The van der Waals surface area contributed by atoms with E-state index in [4.69, 9.17) is 0 Å². The maximum absolute atomic E-state index is 2.43. The van der Waals surface area contributed by atoms with Crippen LogP contribution in [0.15, 0.2) is 182 Å². The Morgan fingerprint density at radius 3 is 1.31 bits per heavy atom. The molecular formula is C48H30N2S. The summed E-state index contributed by atoms with van der Waals surface area (Å²) < 4.78 is 7.45. The number of hydrogen-bond acceptors (Lipinski definition) is 1. The summed E-state index contributed by atoms with van der Waals surface area (Å²) in [6, 6.07) is 66.6. The monoisotopic (exact) mass is 666 g/mol. The molecule has 0 bridgehead atoms. The van der Waals surface area contributed by atoms with Crippen molar-refractivity contribution in [1.29, 1.82) is 0 Å². The molecule has 0 aliphatic rings. The van der Waals surface area contributed by atoms with Gasteiger partial charge in [0.2, 0.25) is 0 Å². The lowest BCUT2D eigenvalue weighted by Gasteiger charge is -2.11. The fourth-order valence-electron chi connectivity index (χ4n) is 8.13. The van der Waals surface area contributed by atoms with Gasteiger partial charge in [0.05, 0.1) is 22.1 Å². The molecule has 0 fully saturated rings. The number of para-hydroxylation sites is 3. The van der Waals surface area contributed by atoms with Crippen LogP contribution in [0.4, 0.5) is 0 Å². The smallest absolute Gasteiger partial charge is 0.0548 e. The average Bonchev–Trinajstić information content (AvgIpc) is 3.84. The first-order chi connectivity index (χ1) is 25.3. The molecule has 11 aromatic rings. The second kappa shape index (κ2) is 11.0. The highest BCUT2D eigenvalue weighted by Crippen LogP contribution is 2.42. The number of aromatic nitrogens is 2. The summed E-state index contributed by atoms with van der Waals surface area (Å²) in [7, 11) is 0. The summed E-state index contributed by atoms with van der Waals surface area (Å²) in [5.74, 6) is 0. The molecule has 0 radical (unpaired) electrons. The van der Waals surface area contributed by atoms with E-state index in [1.165, 1.54) is 91.7 Å². The topological polar surface area (TPSA) is 9.86 Å². The number of fused-ring (bicyclic) bond motifs is 9. The van der Waals surface area contributed by atoms with Crippen molar-refractivity contribution >= 4 is 75.1 Å². The Morgan fingerprint density at radius 1 is 0.275 bits per heavy atom. The van der Waals surface area contributed by atoms with Gasteiger partial charge in [-0.15, -0.1) is 11.3 Å². The molecule has 0 saturated heterocycles. The van der Waals surface area contributed by atoms with Gasteiger partial charge < -0.3 is 9.13 Å². The summed E-state index contributed by atoms with van der Waals surface area (Å²) in [5.41, 5.74) is 12.2. The van der Waals surface area contributed by atoms with Crippen molar-refractivity contribution in [2.45, 2.75) is 0 Å². The molecule has 0 saturated carbocycles. The molecule has 8 aromatic carbocycles. The van der Waals surface area contributed by atoms with Crippen LogP contribution < -0.4 is 0 Å². The number of benzene rings is 8. The second-order valence-electron chi connectivity index (χ2n) is 13.4. The van der Waals surface area contributed by atoms with Crippen molar-refractivity contribution in [2.24, 2.45) is 0 Å². The first-order valence-corrected chi connectivity index (χ1v) is 18.2. The van der Waals surface area contributed by atoms with Gasteiger partial charge in [0.15, 0.2) is 0 Å². The van der Waals surface area contributed by atoms with E-state index in [-0.39, 0.29) is 0 Å². The molecule has 0 N–H and O–H groups in total. The van der Waals surface area contributed by atoms with Gasteiger partial charge in [-0.2, -0.15) is 0 Å². The Morgan fingerprint density at radius 2 is 0.725 bits per heavy atom. The van der Waals surface area contributed by atoms with E-state index in [0.717, 1.165) is 5.69 Å². The predicted octanol–water partition coefficient (Wildman–Crippen LogP) is 13.6. The summed E-state index contributed by atoms with van der Waals surface area (Å²) in [5, 5.41) is 7.75. The number of nitrogens with zero attached hydrogens (tertiary/aromatic N) is 2. The minimum atomic E-state index is 1.16. The van der Waals surface area contributed by atoms with E-state index in [2.05, 4.69) is 191 Å². The van der Waals surface area contributed by atoms with Crippen LogP contribution >= 0.6 is 11.3 Å². The van der Waals surface area contributed by atoms with Crippen molar-refractivity contribution in [1.82, 2.24) is 9.13 Å². The SMILES string of the molecule is c1ccc(-c2ccc3c(c2)sc2cc4c5ccccc5n(-c5ccc(-c6ccc(-n7c8ccccc8c8ccccc87)cc6)cc5)c4cc23)cc1. The van der Waals surface area contributed by atoms with Crippen LogP contribution in [-0.4, -0.2) is 9.13 Å². The minimum absolute atomic E-state index is 1.16. The van der Waals surface area contributed by atoms with Crippen LogP contribution in [0.2, 0.25) is 0 Å². The Hall–Kier alpha value is -6.42. The van der Waals surface area contributed by atoms with E-state index in [9.17, 15) is 0 Å². The molecule has 0 unspecified atom stereocenters. The summed E-state index contributed by atoms with van der Waals surface area (Å²) >= 11 is 1.89. The Labute approximate surface area is 298 Å². The molecule has 0 atom stereocenters. The molecular weight excluding hydrogens is 637 g/mol. The van der Waals surface area contributed by atoms with Crippen molar-refractivity contribution in [3.8, 4) is 33.6 Å². The molecule has 0 spiro atoms. The lowest BCUT2D eigenvalue weighted by atomic mass is 10.0. The fraction of sp³-hybridized carbons (Fsp3) is 0. The third-order valence-electron chi connectivity index (χ3n) is 10.5. The molecule has 3 heterocycles. The van der Waals surface area contributed by atoms with Crippen molar-refractivity contribution < 1.29 is 0 Å². The summed E-state index contributed by atoms with van der Waals surface area (Å²) in [6.45, 7) is 0. The minimum Gasteiger partial charge on any atom is -0.309 e. The van der Waals surface area contributed by atoms with E-state index < -0.39 is 0 Å². The highest BCUT2D eigenvalue weighted by atomic mass is 32.1. The lowest BCUT2D eigenvalue weighted by molar-refractivity contribution is 1.18. The van der Waals surface area contributed by atoms with E-state index in [0.29, 0.717) is 0 Å². The van der Waals surface area contributed by atoms with Crippen LogP contribution in [0, 0.1) is 0 Å². The quantitative estimate of drug-likeness (QED) is 0.177. The van der Waals surface area contributed by atoms with Crippen molar-refractivity contribution in [3.63, 3.8) is 0 Å². The van der Waals surface area contributed by atoms with Crippen molar-refractivity contribution in [3.05, 3.63) is 182 Å². The predicted molar refractivity (Wildman–Crippen MR) is 219 cm³/mol. The average molecular weight is 667 g/mol. The third-order valence-corrected chi connectivity index (χ3v) is 11.7. The van der Waals surface area contributed by atoms with Crippen LogP contribution in [0.5, 0.6) is 0 Å². The second-order valence-corrected chi connectivity index (χ2v) is 14.4. The van der Waals surface area contributed by atoms with Crippen LogP contribution in [-0.2, 0) is 0 Å². The number of hydrogen-bond donors (Lipinski definition) is 0. The standard InChI is InChI=1S/C48H30N2S/c1-2-10-31(11-3-1)34-22-27-40-42-29-46-41(30-48(42)51-47(40)28-34)39-14-6-9-17-45(39)50(46)36-25-20-33(21-26-36)32-18-23-35(24-19-32)49-43-15-7-4-12-37(43)38-13-5-8-16-44(38)49/h1-30H. The largest absolute Gasteiger partial charge is 0.309 e. The highest BCUT2D eigenvalue weighted by molar-refractivity contribution is 7.26. The molecule has 3 heteroatoms. The van der Waals surface area contributed by atoms with Gasteiger partial charge in [-0.25, -0.2) is 0 Å². The molecule has 51 heavy (non-hydrogen) atoms. The Kier molecular flexibility index (Phi) is 6.16. The molecule has 2 nitrogen and oxygen atoms in total. The summed E-state index contributed by atoms with van der Waals surface area (Å²) in [6.07, 6.45) is 0. The molecule has 3 aromatic heterocycles. The highest BCUT2D eigenvalue weighted by Gasteiger charge is 2.17. The van der Waals surface area contributed by atoms with Gasteiger partial charge in [0, 0.05) is 53.1 Å². The maximum atomic E-state index is 2.43. The van der Waals surface area contributed by atoms with Gasteiger partial charge >= 0.3 is 0 Å². The van der Waals surface area contributed by atoms with Crippen LogP contribution in [0.1, 0.15) is 0 Å². The zero-order chi connectivity index (χ0) is 33.5. The maximum Gasteiger partial charge on any atom is 0.0548 e. The zero-order valence-electron chi connectivity index (χ0n) is 27.6. The summed E-state index contributed by atoms with van der Waals surface area (Å²) in [4.78, 5) is 0. The first-order valence-electron chi connectivity index (χ1n) is 17.4. The molecule has 0 aliphatic heterocycles. The van der Waals surface area contributed by atoms with Crippen LogP contribution in [0.3, 0.4) is 0 Å². The molecule has 238 valence electrons. The van der Waals surface area contributed by atoms with Gasteiger partial charge in [0.1, 0.15) is 0 Å². The van der Waals surface area contributed by atoms with E-state index >= 15 is 0 Å². The fourth-order valence-corrected chi connectivity index (χ4v) is 9.30. The Bertz CT molecular complexity index is 3050. The molecule has 11 rings (SSSR count). The molecule has 0 aliphatic carbocycles. The number of rotatable bonds is 4. The number of thiophene rings is 1. The molecule has 0 amide bonds. The first kappa shape index (κ1) is 28.4. The normalized spacial score (nSPS) is 11.9. The van der Waals surface area contributed by atoms with Gasteiger partial charge in [-0.1, -0.05) is 121 Å². The lowest BCUT2D eigenvalue weighted by Crippen LogP contribution is -1.94. The van der Waals surface area contributed by atoms with Crippen LogP contribution in [0.25, 0.3) is 97.4 Å². The van der Waals surface area contributed by atoms with Gasteiger partial charge in [-0.3, -0.25) is 0 Å².